The van der Waals surface area contributed by atoms with Crippen molar-refractivity contribution in [3.63, 3.8) is 0 Å². The van der Waals surface area contributed by atoms with Crippen LogP contribution in [0.2, 0.25) is 0 Å². The molecule has 31 heavy (non-hydrogen) atoms. The van der Waals surface area contributed by atoms with E-state index in [1.807, 2.05) is 67.6 Å². The number of hydrogen-bond donors (Lipinski definition) is 2. The molecule has 2 heterocycles. The second-order valence-corrected chi connectivity index (χ2v) is 11.1. The van der Waals surface area contributed by atoms with Gasteiger partial charge in [0, 0.05) is 35.0 Å². The fourth-order valence-corrected chi connectivity index (χ4v) is 6.58. The topological polar surface area (TPSA) is 78.5 Å². The van der Waals surface area contributed by atoms with Crippen molar-refractivity contribution in [3.8, 4) is 0 Å². The number of nitrogens with one attached hydrogen (secondary N) is 2. The lowest BCUT2D eigenvalue weighted by Gasteiger charge is -2.30. The zero-order valence-corrected chi connectivity index (χ0v) is 18.9. The molecule has 1 saturated heterocycles. The molecule has 0 aliphatic carbocycles. The van der Waals surface area contributed by atoms with E-state index in [0.29, 0.717) is 29.3 Å². The quantitative estimate of drug-likeness (QED) is 0.558. The van der Waals surface area contributed by atoms with Gasteiger partial charge in [0.25, 0.3) is 10.0 Å². The molecular formula is C23H25N3O3S2. The lowest BCUT2D eigenvalue weighted by atomic mass is 9.98. The highest BCUT2D eigenvalue weighted by Crippen LogP contribution is 2.29. The number of piperidine rings is 1. The Morgan fingerprint density at radius 2 is 1.65 bits per heavy atom. The molecule has 2 N–H and O–H groups in total. The third kappa shape index (κ3) is 5.15. The third-order valence-corrected chi connectivity index (χ3v) is 8.61. The van der Waals surface area contributed by atoms with Crippen molar-refractivity contribution < 1.29 is 13.2 Å². The lowest BCUT2D eigenvalue weighted by molar-refractivity contribution is -0.120. The maximum absolute atomic E-state index is 12.9. The molecule has 1 aliphatic heterocycles. The molecule has 1 amide bonds. The number of amides is 1. The van der Waals surface area contributed by atoms with Gasteiger partial charge in [-0.05, 0) is 68.3 Å². The Kier molecular flexibility index (Phi) is 6.41. The Hall–Kier alpha value is -2.68. The van der Waals surface area contributed by atoms with Gasteiger partial charge in [-0.2, -0.15) is 4.31 Å². The van der Waals surface area contributed by atoms with Crippen LogP contribution >= 0.6 is 11.3 Å². The summed E-state index contributed by atoms with van der Waals surface area (Å²) in [5, 5.41) is 6.24. The first-order chi connectivity index (χ1) is 14.9. The van der Waals surface area contributed by atoms with Gasteiger partial charge in [0.05, 0.1) is 5.92 Å². The lowest BCUT2D eigenvalue weighted by Crippen LogP contribution is -2.43. The molecule has 1 atom stereocenters. The van der Waals surface area contributed by atoms with Gasteiger partial charge in [-0.15, -0.1) is 11.3 Å². The van der Waals surface area contributed by atoms with Crippen molar-refractivity contribution in [1.29, 1.82) is 0 Å². The van der Waals surface area contributed by atoms with E-state index in [1.54, 1.807) is 6.07 Å². The van der Waals surface area contributed by atoms with Crippen LogP contribution in [0, 0.1) is 12.8 Å². The first-order valence-corrected chi connectivity index (χ1v) is 12.5. The van der Waals surface area contributed by atoms with E-state index >= 15 is 0 Å². The summed E-state index contributed by atoms with van der Waals surface area (Å²) in [5.41, 5.74) is 2.60. The Morgan fingerprint density at radius 1 is 0.968 bits per heavy atom. The fourth-order valence-electron chi connectivity index (χ4n) is 3.62. The first kappa shape index (κ1) is 21.5. The molecule has 1 aliphatic rings. The number of anilines is 3. The minimum Gasteiger partial charge on any atom is -0.356 e. The maximum atomic E-state index is 12.9. The van der Waals surface area contributed by atoms with E-state index in [2.05, 4.69) is 10.6 Å². The molecule has 0 bridgehead atoms. The van der Waals surface area contributed by atoms with Crippen LogP contribution in [0.1, 0.15) is 17.7 Å². The Balaban J connectivity index is 1.38. The van der Waals surface area contributed by atoms with Crippen molar-refractivity contribution in [2.45, 2.75) is 24.0 Å². The Labute approximate surface area is 187 Å². The summed E-state index contributed by atoms with van der Waals surface area (Å²) in [6.45, 7) is 2.54. The zero-order valence-electron chi connectivity index (χ0n) is 17.2. The summed E-state index contributed by atoms with van der Waals surface area (Å²) in [4.78, 5) is 13.8. The Morgan fingerprint density at radius 3 is 2.32 bits per heavy atom. The predicted molar refractivity (Wildman–Crippen MR) is 125 cm³/mol. The number of aryl methyl sites for hydroxylation is 1. The van der Waals surface area contributed by atoms with Crippen molar-refractivity contribution in [2.75, 3.05) is 23.7 Å². The van der Waals surface area contributed by atoms with Crippen LogP contribution in [-0.2, 0) is 14.8 Å². The second-order valence-electron chi connectivity index (χ2n) is 7.62. The highest BCUT2D eigenvalue weighted by atomic mass is 32.2. The number of sulfonamides is 1. The molecule has 8 heteroatoms. The minimum absolute atomic E-state index is 0.147. The first-order valence-electron chi connectivity index (χ1n) is 10.2. The van der Waals surface area contributed by atoms with E-state index in [1.165, 1.54) is 15.6 Å². The number of thiophene rings is 1. The SMILES string of the molecule is Cc1ccc(S(=O)(=O)N2CCCC(C(=O)Nc3ccc(Nc4ccccc4)cc3)C2)s1. The van der Waals surface area contributed by atoms with E-state index in [9.17, 15) is 13.2 Å². The normalized spacial score (nSPS) is 17.3. The van der Waals surface area contributed by atoms with E-state index in [4.69, 9.17) is 0 Å². The zero-order chi connectivity index (χ0) is 21.8. The van der Waals surface area contributed by atoms with E-state index in [-0.39, 0.29) is 18.4 Å². The van der Waals surface area contributed by atoms with Gasteiger partial charge in [-0.3, -0.25) is 4.79 Å². The smallest absolute Gasteiger partial charge is 0.252 e. The molecule has 2 aromatic carbocycles. The summed E-state index contributed by atoms with van der Waals surface area (Å²) in [7, 11) is -3.55. The number of rotatable bonds is 6. The van der Waals surface area contributed by atoms with Crippen LogP contribution in [0.4, 0.5) is 17.1 Å². The average Bonchev–Trinajstić information content (AvgIpc) is 3.23. The second kappa shape index (κ2) is 9.21. The van der Waals surface area contributed by atoms with Gasteiger partial charge < -0.3 is 10.6 Å². The fraction of sp³-hybridized carbons (Fsp3) is 0.261. The van der Waals surface area contributed by atoms with Crippen molar-refractivity contribution in [3.05, 3.63) is 71.6 Å². The molecule has 6 nitrogen and oxygen atoms in total. The van der Waals surface area contributed by atoms with Crippen molar-refractivity contribution >= 4 is 44.3 Å². The highest BCUT2D eigenvalue weighted by Gasteiger charge is 2.34. The molecule has 0 radical (unpaired) electrons. The predicted octanol–water partition coefficient (Wildman–Crippen LogP) is 4.84. The largest absolute Gasteiger partial charge is 0.356 e. The third-order valence-electron chi connectivity index (χ3n) is 5.28. The summed E-state index contributed by atoms with van der Waals surface area (Å²) in [6.07, 6.45) is 1.34. The molecular weight excluding hydrogens is 430 g/mol. The number of hydrogen-bond acceptors (Lipinski definition) is 5. The van der Waals surface area contributed by atoms with Gasteiger partial charge in [0.15, 0.2) is 0 Å². The minimum atomic E-state index is -3.55. The van der Waals surface area contributed by atoms with Crippen LogP contribution in [-0.4, -0.2) is 31.7 Å². The van der Waals surface area contributed by atoms with Crippen LogP contribution in [0.5, 0.6) is 0 Å². The summed E-state index contributed by atoms with van der Waals surface area (Å²) >= 11 is 1.27. The molecule has 3 aromatic rings. The summed E-state index contributed by atoms with van der Waals surface area (Å²) in [6, 6.07) is 20.8. The van der Waals surface area contributed by atoms with Crippen molar-refractivity contribution in [2.24, 2.45) is 5.92 Å². The summed E-state index contributed by atoms with van der Waals surface area (Å²) in [5.74, 6) is -0.516. The molecule has 162 valence electrons. The number of carbonyl (C=O) groups is 1. The van der Waals surface area contributed by atoms with E-state index in [0.717, 1.165) is 16.3 Å². The van der Waals surface area contributed by atoms with Crippen molar-refractivity contribution in [1.82, 2.24) is 4.31 Å². The number of benzene rings is 2. The van der Waals surface area contributed by atoms with Crippen LogP contribution < -0.4 is 10.6 Å². The molecule has 1 unspecified atom stereocenters. The molecule has 0 spiro atoms. The van der Waals surface area contributed by atoms with Gasteiger partial charge in [-0.25, -0.2) is 8.42 Å². The molecule has 0 saturated carbocycles. The van der Waals surface area contributed by atoms with E-state index < -0.39 is 10.0 Å². The average molecular weight is 456 g/mol. The van der Waals surface area contributed by atoms with Crippen LogP contribution in [0.15, 0.2) is 70.9 Å². The number of nitrogens with zero attached hydrogens (tertiary/aromatic N) is 1. The molecule has 4 rings (SSSR count). The number of carbonyl (C=O) groups excluding carboxylic acids is 1. The summed E-state index contributed by atoms with van der Waals surface area (Å²) < 4.78 is 27.6. The number of para-hydroxylation sites is 1. The van der Waals surface area contributed by atoms with Gasteiger partial charge in [-0.1, -0.05) is 18.2 Å². The van der Waals surface area contributed by atoms with Gasteiger partial charge in [0.2, 0.25) is 5.91 Å². The van der Waals surface area contributed by atoms with Gasteiger partial charge in [0.1, 0.15) is 4.21 Å². The van der Waals surface area contributed by atoms with Gasteiger partial charge >= 0.3 is 0 Å². The monoisotopic (exact) mass is 455 g/mol. The molecule has 1 fully saturated rings. The van der Waals surface area contributed by atoms with Crippen LogP contribution in [0.25, 0.3) is 0 Å². The Bertz CT molecular complexity index is 1140. The highest BCUT2D eigenvalue weighted by molar-refractivity contribution is 7.91. The molecule has 1 aromatic heterocycles. The standard InChI is InChI=1S/C23H25N3O3S2/c1-17-9-14-22(30-17)31(28,29)26-15-5-6-18(16-26)23(27)25-21-12-10-20(11-13-21)24-19-7-3-2-4-8-19/h2-4,7-14,18,24H,5-6,15-16H2,1H3,(H,25,27). The maximum Gasteiger partial charge on any atom is 0.252 e. The van der Waals surface area contributed by atoms with Crippen LogP contribution in [0.3, 0.4) is 0 Å².